The Bertz CT molecular complexity index is 1360. The molecule has 7 nitrogen and oxygen atoms in total. The van der Waals surface area contributed by atoms with E-state index in [0.29, 0.717) is 16.8 Å². The van der Waals surface area contributed by atoms with Crippen molar-refractivity contribution in [2.75, 3.05) is 12.4 Å². The zero-order valence-electron chi connectivity index (χ0n) is 16.6. The number of anilines is 1. The molecule has 0 aliphatic heterocycles. The van der Waals surface area contributed by atoms with Crippen molar-refractivity contribution in [3.05, 3.63) is 70.1 Å². The van der Waals surface area contributed by atoms with E-state index in [0.717, 1.165) is 14.8 Å². The van der Waals surface area contributed by atoms with E-state index in [1.807, 2.05) is 31.2 Å². The molecule has 0 bridgehead atoms. The van der Waals surface area contributed by atoms with Gasteiger partial charge in [-0.25, -0.2) is 9.48 Å². The van der Waals surface area contributed by atoms with Crippen LogP contribution in [0.5, 0.6) is 0 Å². The lowest BCUT2D eigenvalue weighted by Crippen LogP contribution is -2.34. The van der Waals surface area contributed by atoms with Crippen molar-refractivity contribution in [3.63, 3.8) is 0 Å². The average Bonchev–Trinajstić information content (AvgIpc) is 3.16. The van der Waals surface area contributed by atoms with Gasteiger partial charge < -0.3 is 10.1 Å². The highest BCUT2D eigenvalue weighted by Crippen LogP contribution is 2.33. The van der Waals surface area contributed by atoms with E-state index in [1.54, 1.807) is 31.2 Å². The van der Waals surface area contributed by atoms with Gasteiger partial charge >= 0.3 is 5.97 Å². The molecule has 0 spiro atoms. The molecule has 1 N–H and O–H groups in total. The molecule has 4 rings (SSSR count). The molecule has 1 amide bonds. The number of hydrogen-bond donors (Lipinski definition) is 1. The molecule has 1 atom stereocenters. The Kier molecular flexibility index (Phi) is 5.09. The van der Waals surface area contributed by atoms with Crippen LogP contribution in [0, 0.1) is 6.92 Å². The molecule has 2 aromatic heterocycles. The fraction of sp³-hybridized carbons (Fsp3) is 0.182. The van der Waals surface area contributed by atoms with Crippen LogP contribution in [0.2, 0.25) is 0 Å². The van der Waals surface area contributed by atoms with Crippen molar-refractivity contribution >= 4 is 49.1 Å². The van der Waals surface area contributed by atoms with Crippen LogP contribution in [-0.2, 0) is 9.53 Å². The number of nitrogens with one attached hydrogen (secondary N) is 1. The van der Waals surface area contributed by atoms with Crippen molar-refractivity contribution < 1.29 is 14.3 Å². The summed E-state index contributed by atoms with van der Waals surface area (Å²) in [6.07, 6.45) is 0. The predicted octanol–water partition coefficient (Wildman–Crippen LogP) is 3.91. The largest absolute Gasteiger partial charge is 0.465 e. The number of amides is 1. The van der Waals surface area contributed by atoms with Crippen molar-refractivity contribution in [2.24, 2.45) is 0 Å². The van der Waals surface area contributed by atoms with E-state index in [9.17, 15) is 14.4 Å². The number of carbonyl (C=O) groups excluding carboxylic acids is 2. The highest BCUT2D eigenvalue weighted by molar-refractivity contribution is 7.26. The van der Waals surface area contributed by atoms with Crippen LogP contribution >= 0.6 is 11.3 Å². The first kappa shape index (κ1) is 19.8. The number of carbonyl (C=O) groups is 2. The predicted molar refractivity (Wildman–Crippen MR) is 117 cm³/mol. The summed E-state index contributed by atoms with van der Waals surface area (Å²) in [4.78, 5) is 38.1. The van der Waals surface area contributed by atoms with Gasteiger partial charge in [0.2, 0.25) is 5.91 Å². The average molecular weight is 421 g/mol. The Balaban J connectivity index is 1.75. The molecule has 0 radical (unpaired) electrons. The van der Waals surface area contributed by atoms with Crippen molar-refractivity contribution in [3.8, 4) is 0 Å². The summed E-state index contributed by atoms with van der Waals surface area (Å²) in [6.45, 7) is 3.43. The summed E-state index contributed by atoms with van der Waals surface area (Å²) in [5.41, 5.74) is 0.904. The Morgan fingerprint density at radius 1 is 1.13 bits per heavy atom. The fourth-order valence-electron chi connectivity index (χ4n) is 3.37. The van der Waals surface area contributed by atoms with E-state index >= 15 is 0 Å². The van der Waals surface area contributed by atoms with Crippen LogP contribution in [0.3, 0.4) is 0 Å². The number of thiophene rings is 1. The van der Waals surface area contributed by atoms with Gasteiger partial charge in [-0.15, -0.1) is 11.3 Å². The minimum Gasteiger partial charge on any atom is -0.465 e. The maximum Gasteiger partial charge on any atom is 0.339 e. The molecule has 30 heavy (non-hydrogen) atoms. The Morgan fingerprint density at radius 3 is 2.60 bits per heavy atom. The van der Waals surface area contributed by atoms with Crippen LogP contribution in [0.25, 0.3) is 20.2 Å². The molecular weight excluding hydrogens is 402 g/mol. The van der Waals surface area contributed by atoms with Gasteiger partial charge in [-0.1, -0.05) is 30.3 Å². The number of hydrogen-bond acceptors (Lipinski definition) is 6. The molecule has 4 aromatic rings. The SMILES string of the molecule is COC(=O)c1ccccc1NC(=O)C(C)n1nc(C)c2sc3ccccc3c2c1=O. The van der Waals surface area contributed by atoms with Gasteiger partial charge in [-0.3, -0.25) is 9.59 Å². The number of nitrogens with zero attached hydrogens (tertiary/aromatic N) is 2. The second-order valence-corrected chi connectivity index (χ2v) is 7.89. The Morgan fingerprint density at radius 2 is 1.83 bits per heavy atom. The maximum absolute atomic E-state index is 13.2. The summed E-state index contributed by atoms with van der Waals surface area (Å²) in [5.74, 6) is -1.02. The molecule has 0 aliphatic rings. The summed E-state index contributed by atoms with van der Waals surface area (Å²) in [7, 11) is 1.27. The van der Waals surface area contributed by atoms with E-state index < -0.39 is 17.9 Å². The van der Waals surface area contributed by atoms with E-state index in [1.165, 1.54) is 23.1 Å². The molecule has 0 fully saturated rings. The number of rotatable bonds is 4. The molecule has 0 saturated carbocycles. The third kappa shape index (κ3) is 3.25. The van der Waals surface area contributed by atoms with Gasteiger partial charge in [0.25, 0.3) is 5.56 Å². The smallest absolute Gasteiger partial charge is 0.339 e. The van der Waals surface area contributed by atoms with Gasteiger partial charge in [0.05, 0.1) is 34.1 Å². The second-order valence-electron chi connectivity index (χ2n) is 6.84. The fourth-order valence-corrected chi connectivity index (χ4v) is 4.50. The minimum absolute atomic E-state index is 0.233. The van der Waals surface area contributed by atoms with Crippen LogP contribution in [0.1, 0.15) is 29.0 Å². The number of esters is 1. The summed E-state index contributed by atoms with van der Waals surface area (Å²) in [6, 6.07) is 13.3. The summed E-state index contributed by atoms with van der Waals surface area (Å²) in [5, 5.41) is 8.53. The van der Waals surface area contributed by atoms with Crippen molar-refractivity contribution in [2.45, 2.75) is 19.9 Å². The Hall–Kier alpha value is -3.52. The van der Waals surface area contributed by atoms with Crippen molar-refractivity contribution in [1.29, 1.82) is 0 Å². The zero-order valence-corrected chi connectivity index (χ0v) is 17.4. The van der Waals surface area contributed by atoms with E-state index in [-0.39, 0.29) is 11.1 Å². The van der Waals surface area contributed by atoms with E-state index in [2.05, 4.69) is 10.4 Å². The number of fused-ring (bicyclic) bond motifs is 3. The number of ether oxygens (including phenoxy) is 1. The van der Waals surface area contributed by atoms with Crippen LogP contribution in [0.4, 0.5) is 5.69 Å². The lowest BCUT2D eigenvalue weighted by molar-refractivity contribution is -0.119. The van der Waals surface area contributed by atoms with Gasteiger partial charge in [0.15, 0.2) is 0 Å². The van der Waals surface area contributed by atoms with Gasteiger partial charge in [-0.2, -0.15) is 5.10 Å². The molecule has 152 valence electrons. The third-order valence-electron chi connectivity index (χ3n) is 4.94. The number of para-hydroxylation sites is 1. The molecular formula is C22H19N3O4S. The van der Waals surface area contributed by atoms with Gasteiger partial charge in [0.1, 0.15) is 6.04 Å². The number of methoxy groups -OCH3 is 1. The first-order chi connectivity index (χ1) is 14.4. The standard InChI is InChI=1S/C22H19N3O4S/c1-12-19-18(15-9-5-7-11-17(15)30-19)21(27)25(24-12)13(2)20(26)23-16-10-6-4-8-14(16)22(28)29-3/h4-11,13H,1-3H3,(H,23,26). The third-order valence-corrected chi connectivity index (χ3v) is 6.22. The molecule has 2 heterocycles. The van der Waals surface area contributed by atoms with Gasteiger partial charge in [-0.05, 0) is 32.0 Å². The lowest BCUT2D eigenvalue weighted by Gasteiger charge is -2.16. The van der Waals surface area contributed by atoms with E-state index in [4.69, 9.17) is 4.74 Å². The highest BCUT2D eigenvalue weighted by atomic mass is 32.1. The lowest BCUT2D eigenvalue weighted by atomic mass is 10.1. The number of aromatic nitrogens is 2. The van der Waals surface area contributed by atoms with Crippen LogP contribution in [0.15, 0.2) is 53.3 Å². The number of benzene rings is 2. The minimum atomic E-state index is -0.884. The zero-order chi connectivity index (χ0) is 21.4. The second kappa shape index (κ2) is 7.72. The van der Waals surface area contributed by atoms with Gasteiger partial charge in [0, 0.05) is 10.1 Å². The first-order valence-corrected chi connectivity index (χ1v) is 10.1. The van der Waals surface area contributed by atoms with Crippen LogP contribution < -0.4 is 10.9 Å². The molecule has 0 saturated heterocycles. The topological polar surface area (TPSA) is 90.3 Å². The summed E-state index contributed by atoms with van der Waals surface area (Å²) >= 11 is 1.51. The first-order valence-electron chi connectivity index (χ1n) is 9.31. The molecule has 8 heteroatoms. The summed E-state index contributed by atoms with van der Waals surface area (Å²) < 4.78 is 7.78. The van der Waals surface area contributed by atoms with Crippen LogP contribution in [-0.4, -0.2) is 28.8 Å². The quantitative estimate of drug-likeness (QED) is 0.505. The molecule has 2 aromatic carbocycles. The highest BCUT2D eigenvalue weighted by Gasteiger charge is 2.23. The Labute approximate surface area is 175 Å². The monoisotopic (exact) mass is 421 g/mol. The molecule has 0 aliphatic carbocycles. The number of aryl methyl sites for hydroxylation is 1. The maximum atomic E-state index is 13.2. The molecule has 1 unspecified atom stereocenters. The normalized spacial score (nSPS) is 12.1. The van der Waals surface area contributed by atoms with Crippen molar-refractivity contribution in [1.82, 2.24) is 9.78 Å².